The first kappa shape index (κ1) is 15.2. The molecule has 1 aliphatic heterocycles. The number of anilines is 2. The first-order chi connectivity index (χ1) is 9.73. The molecule has 0 atom stereocenters. The number of hydrogen-bond acceptors (Lipinski definition) is 5. The first-order valence-corrected chi connectivity index (χ1v) is 6.90. The fourth-order valence-electron chi connectivity index (χ4n) is 2.29. The normalized spacial score (nSPS) is 17.9. The van der Waals surface area contributed by atoms with Gasteiger partial charge in [0.2, 0.25) is 5.91 Å². The Balaban J connectivity index is 2.45. The van der Waals surface area contributed by atoms with E-state index in [0.717, 1.165) is 0 Å². The van der Waals surface area contributed by atoms with Crippen LogP contribution in [-0.2, 0) is 9.59 Å². The van der Waals surface area contributed by atoms with Gasteiger partial charge in [0.25, 0.3) is 5.91 Å². The predicted molar refractivity (Wildman–Crippen MR) is 81.2 cm³/mol. The molecule has 0 bridgehead atoms. The summed E-state index contributed by atoms with van der Waals surface area (Å²) in [6, 6.07) is 5.37. The van der Waals surface area contributed by atoms with E-state index in [-0.39, 0.29) is 24.5 Å². The molecule has 1 aromatic carbocycles. The van der Waals surface area contributed by atoms with Crippen LogP contribution in [0.25, 0.3) is 0 Å². The van der Waals surface area contributed by atoms with E-state index in [1.54, 1.807) is 36.9 Å². The lowest BCUT2D eigenvalue weighted by molar-refractivity contribution is -0.135. The number of carbonyl (C=O) groups excluding carboxylic acids is 2. The maximum Gasteiger partial charge on any atom is 0.251 e. The molecule has 1 fully saturated rings. The second-order valence-electron chi connectivity index (χ2n) is 5.88. The SMILES string of the molecule is CC(C)Oc1cccc(N2CC(=O)NC(=O)C2(C)C)c1N. The van der Waals surface area contributed by atoms with Crippen LogP contribution >= 0.6 is 0 Å². The van der Waals surface area contributed by atoms with Gasteiger partial charge in [0.15, 0.2) is 0 Å². The summed E-state index contributed by atoms with van der Waals surface area (Å²) >= 11 is 0. The Bertz CT molecular complexity index is 582. The van der Waals surface area contributed by atoms with Crippen LogP contribution < -0.4 is 20.7 Å². The molecule has 21 heavy (non-hydrogen) atoms. The number of piperazine rings is 1. The number of nitrogen functional groups attached to an aromatic ring is 1. The summed E-state index contributed by atoms with van der Waals surface area (Å²) < 4.78 is 5.66. The highest BCUT2D eigenvalue weighted by Gasteiger charge is 2.41. The summed E-state index contributed by atoms with van der Waals surface area (Å²) in [4.78, 5) is 25.4. The van der Waals surface area contributed by atoms with Crippen molar-refractivity contribution in [3.05, 3.63) is 18.2 Å². The molecule has 6 nitrogen and oxygen atoms in total. The largest absolute Gasteiger partial charge is 0.489 e. The molecule has 0 aliphatic carbocycles. The molecule has 1 saturated heterocycles. The van der Waals surface area contributed by atoms with Crippen LogP contribution in [0.4, 0.5) is 11.4 Å². The van der Waals surface area contributed by atoms with Crippen molar-refractivity contribution in [3.8, 4) is 5.75 Å². The van der Waals surface area contributed by atoms with E-state index in [1.807, 2.05) is 13.8 Å². The Morgan fingerprint density at radius 1 is 1.33 bits per heavy atom. The summed E-state index contributed by atoms with van der Waals surface area (Å²) in [5.41, 5.74) is 6.36. The number of nitrogens with two attached hydrogens (primary N) is 1. The smallest absolute Gasteiger partial charge is 0.251 e. The van der Waals surface area contributed by atoms with Crippen LogP contribution in [0.3, 0.4) is 0 Å². The highest BCUT2D eigenvalue weighted by atomic mass is 16.5. The molecule has 2 amide bonds. The Morgan fingerprint density at radius 3 is 2.62 bits per heavy atom. The van der Waals surface area contributed by atoms with E-state index in [0.29, 0.717) is 17.1 Å². The molecule has 0 aromatic heterocycles. The molecule has 0 radical (unpaired) electrons. The van der Waals surface area contributed by atoms with E-state index in [1.165, 1.54) is 0 Å². The number of benzene rings is 1. The van der Waals surface area contributed by atoms with Gasteiger partial charge >= 0.3 is 0 Å². The minimum Gasteiger partial charge on any atom is -0.489 e. The second kappa shape index (κ2) is 5.27. The van der Waals surface area contributed by atoms with Crippen molar-refractivity contribution in [2.45, 2.75) is 39.3 Å². The summed E-state index contributed by atoms with van der Waals surface area (Å²) in [7, 11) is 0. The molecule has 6 heteroatoms. The molecular formula is C15H21N3O3. The fourth-order valence-corrected chi connectivity index (χ4v) is 2.29. The van der Waals surface area contributed by atoms with Gasteiger partial charge in [-0.05, 0) is 39.8 Å². The van der Waals surface area contributed by atoms with Crippen molar-refractivity contribution in [2.75, 3.05) is 17.2 Å². The van der Waals surface area contributed by atoms with Gasteiger partial charge in [-0.15, -0.1) is 0 Å². The Morgan fingerprint density at radius 2 is 2.00 bits per heavy atom. The van der Waals surface area contributed by atoms with Gasteiger partial charge in [0.1, 0.15) is 11.3 Å². The number of amides is 2. The molecule has 1 heterocycles. The number of rotatable bonds is 3. The van der Waals surface area contributed by atoms with E-state index in [2.05, 4.69) is 5.32 Å². The molecule has 1 aromatic rings. The average molecular weight is 291 g/mol. The third-order valence-electron chi connectivity index (χ3n) is 3.48. The van der Waals surface area contributed by atoms with Crippen molar-refractivity contribution in [1.82, 2.24) is 5.32 Å². The zero-order chi connectivity index (χ0) is 15.8. The molecule has 0 saturated carbocycles. The number of ether oxygens (including phenoxy) is 1. The van der Waals surface area contributed by atoms with Gasteiger partial charge in [-0.1, -0.05) is 6.07 Å². The number of carbonyl (C=O) groups is 2. The van der Waals surface area contributed by atoms with Crippen molar-refractivity contribution in [3.63, 3.8) is 0 Å². The number of imide groups is 1. The highest BCUT2D eigenvalue weighted by molar-refractivity contribution is 6.07. The van der Waals surface area contributed by atoms with Crippen LogP contribution in [0.1, 0.15) is 27.7 Å². The van der Waals surface area contributed by atoms with Gasteiger partial charge in [0, 0.05) is 0 Å². The third kappa shape index (κ3) is 2.79. The molecule has 1 aliphatic rings. The molecule has 3 N–H and O–H groups in total. The molecule has 114 valence electrons. The maximum absolute atomic E-state index is 12.0. The zero-order valence-corrected chi connectivity index (χ0v) is 12.8. The lowest BCUT2D eigenvalue weighted by atomic mass is 9.97. The Labute approximate surface area is 124 Å². The first-order valence-electron chi connectivity index (χ1n) is 6.90. The maximum atomic E-state index is 12.0. The Hall–Kier alpha value is -2.24. The number of para-hydroxylation sites is 1. The van der Waals surface area contributed by atoms with E-state index >= 15 is 0 Å². The summed E-state index contributed by atoms with van der Waals surface area (Å²) in [6.45, 7) is 7.41. The van der Waals surface area contributed by atoms with E-state index in [4.69, 9.17) is 10.5 Å². The highest BCUT2D eigenvalue weighted by Crippen LogP contribution is 2.37. The van der Waals surface area contributed by atoms with Crippen molar-refractivity contribution in [2.24, 2.45) is 0 Å². The van der Waals surface area contributed by atoms with Crippen molar-refractivity contribution >= 4 is 23.2 Å². The van der Waals surface area contributed by atoms with Crippen LogP contribution in [0.2, 0.25) is 0 Å². The second-order valence-corrected chi connectivity index (χ2v) is 5.88. The monoisotopic (exact) mass is 291 g/mol. The average Bonchev–Trinajstić information content (AvgIpc) is 2.36. The topological polar surface area (TPSA) is 84.7 Å². The van der Waals surface area contributed by atoms with Crippen molar-refractivity contribution < 1.29 is 14.3 Å². The molecular weight excluding hydrogens is 270 g/mol. The van der Waals surface area contributed by atoms with E-state index < -0.39 is 5.54 Å². The molecule has 0 spiro atoms. The molecule has 0 unspecified atom stereocenters. The van der Waals surface area contributed by atoms with Crippen LogP contribution in [0.15, 0.2) is 18.2 Å². The van der Waals surface area contributed by atoms with Crippen LogP contribution in [0, 0.1) is 0 Å². The number of hydrogen-bond donors (Lipinski definition) is 2. The van der Waals surface area contributed by atoms with Gasteiger partial charge in [-0.2, -0.15) is 0 Å². The van der Waals surface area contributed by atoms with Gasteiger partial charge in [-0.3, -0.25) is 14.9 Å². The standard InChI is InChI=1S/C15H21N3O3/c1-9(2)21-11-7-5-6-10(13(11)16)18-8-12(19)17-14(20)15(18,3)4/h5-7,9H,8,16H2,1-4H3,(H,17,19,20). The number of nitrogens with zero attached hydrogens (tertiary/aromatic N) is 1. The van der Waals surface area contributed by atoms with E-state index in [9.17, 15) is 9.59 Å². The quantitative estimate of drug-likeness (QED) is 0.647. The Kier molecular flexibility index (Phi) is 3.80. The summed E-state index contributed by atoms with van der Waals surface area (Å²) in [6.07, 6.45) is -0.0122. The summed E-state index contributed by atoms with van der Waals surface area (Å²) in [5, 5.41) is 2.34. The fraction of sp³-hybridized carbons (Fsp3) is 0.467. The summed E-state index contributed by atoms with van der Waals surface area (Å²) in [5.74, 6) is -0.126. The lowest BCUT2D eigenvalue weighted by Crippen LogP contribution is -2.64. The lowest BCUT2D eigenvalue weighted by Gasteiger charge is -2.42. The van der Waals surface area contributed by atoms with Crippen LogP contribution in [0.5, 0.6) is 5.75 Å². The third-order valence-corrected chi connectivity index (χ3v) is 3.48. The van der Waals surface area contributed by atoms with Gasteiger partial charge < -0.3 is 15.4 Å². The zero-order valence-electron chi connectivity index (χ0n) is 12.8. The van der Waals surface area contributed by atoms with Gasteiger partial charge in [0.05, 0.1) is 24.0 Å². The van der Waals surface area contributed by atoms with Gasteiger partial charge in [-0.25, -0.2) is 0 Å². The minimum atomic E-state index is -0.863. The predicted octanol–water partition coefficient (Wildman–Crippen LogP) is 1.30. The minimum absolute atomic E-state index is 0.0122. The number of nitrogens with one attached hydrogen (secondary N) is 1. The molecule has 2 rings (SSSR count). The van der Waals surface area contributed by atoms with Crippen molar-refractivity contribution in [1.29, 1.82) is 0 Å². The van der Waals surface area contributed by atoms with Crippen LogP contribution in [-0.4, -0.2) is 30.0 Å².